The van der Waals surface area contributed by atoms with Crippen LogP contribution in [0.1, 0.15) is 24.1 Å². The highest BCUT2D eigenvalue weighted by atomic mass is 35.5. The van der Waals surface area contributed by atoms with E-state index in [1.54, 1.807) is 30.3 Å². The molecule has 37 heavy (non-hydrogen) atoms. The number of ether oxygens (including phenoxy) is 1. The van der Waals surface area contributed by atoms with Gasteiger partial charge in [0.25, 0.3) is 11.7 Å². The van der Waals surface area contributed by atoms with Crippen molar-refractivity contribution in [1.29, 1.82) is 0 Å². The molecule has 1 N–H and O–H groups in total. The fraction of sp³-hybridized carbons (Fsp3) is 0.241. The molecule has 1 heterocycles. The molecule has 3 aromatic rings. The van der Waals surface area contributed by atoms with Crippen molar-refractivity contribution >= 4 is 46.1 Å². The molecular weight excluding hydrogens is 490 g/mol. The molecule has 3 aromatic carbocycles. The van der Waals surface area contributed by atoms with Crippen molar-refractivity contribution in [2.24, 2.45) is 0 Å². The van der Waals surface area contributed by atoms with Gasteiger partial charge in [-0.25, -0.2) is 0 Å². The first-order chi connectivity index (χ1) is 17.6. The van der Waals surface area contributed by atoms with Gasteiger partial charge in [0.15, 0.2) is 0 Å². The molecule has 1 saturated heterocycles. The molecule has 0 spiro atoms. The van der Waals surface area contributed by atoms with E-state index in [0.29, 0.717) is 23.6 Å². The van der Waals surface area contributed by atoms with Crippen LogP contribution in [0.4, 0.5) is 17.1 Å². The first-order valence-corrected chi connectivity index (χ1v) is 12.3. The van der Waals surface area contributed by atoms with Gasteiger partial charge in [0, 0.05) is 50.8 Å². The molecule has 0 saturated carbocycles. The molecule has 192 valence electrons. The van der Waals surface area contributed by atoms with Gasteiger partial charge < -0.3 is 19.6 Å². The number of rotatable bonds is 7. The third-order valence-electron chi connectivity index (χ3n) is 6.32. The molecule has 7 nitrogen and oxygen atoms in total. The Balaban J connectivity index is 1.92. The zero-order valence-corrected chi connectivity index (χ0v) is 22.3. The van der Waals surface area contributed by atoms with E-state index < -0.39 is 17.7 Å². The molecule has 0 bridgehead atoms. The van der Waals surface area contributed by atoms with Crippen LogP contribution < -0.4 is 19.4 Å². The summed E-state index contributed by atoms with van der Waals surface area (Å²) in [4.78, 5) is 32.2. The highest BCUT2D eigenvalue weighted by Gasteiger charge is 2.47. The number of benzene rings is 3. The van der Waals surface area contributed by atoms with Gasteiger partial charge in [-0.1, -0.05) is 23.7 Å². The number of ketones is 1. The number of aliphatic hydroxyl groups is 1. The Labute approximate surface area is 222 Å². The molecule has 1 aliphatic heterocycles. The lowest BCUT2D eigenvalue weighted by Gasteiger charge is -2.26. The first-order valence-electron chi connectivity index (χ1n) is 11.9. The predicted octanol–water partition coefficient (Wildman–Crippen LogP) is 5.50. The third-order valence-corrected chi connectivity index (χ3v) is 6.65. The minimum atomic E-state index is -0.853. The molecule has 0 radical (unpaired) electrons. The van der Waals surface area contributed by atoms with Crippen LogP contribution in [-0.2, 0) is 9.59 Å². The highest BCUT2D eigenvalue weighted by molar-refractivity contribution is 6.52. The van der Waals surface area contributed by atoms with E-state index in [-0.39, 0.29) is 21.9 Å². The van der Waals surface area contributed by atoms with Crippen molar-refractivity contribution in [3.05, 3.63) is 88.5 Å². The van der Waals surface area contributed by atoms with Gasteiger partial charge in [-0.3, -0.25) is 14.5 Å². The van der Waals surface area contributed by atoms with E-state index in [1.165, 1.54) is 4.90 Å². The summed E-state index contributed by atoms with van der Waals surface area (Å²) < 4.78 is 5.57. The predicted molar refractivity (Wildman–Crippen MR) is 149 cm³/mol. The Kier molecular flexibility index (Phi) is 7.45. The Morgan fingerprint density at radius 1 is 0.919 bits per heavy atom. The fourth-order valence-electron chi connectivity index (χ4n) is 4.37. The molecule has 1 amide bonds. The van der Waals surface area contributed by atoms with Gasteiger partial charge in [0.05, 0.1) is 23.2 Å². The zero-order valence-electron chi connectivity index (χ0n) is 21.5. The number of hydrogen-bond donors (Lipinski definition) is 1. The number of carbonyl (C=O) groups excluding carboxylic acids is 2. The Bertz CT molecular complexity index is 1350. The summed E-state index contributed by atoms with van der Waals surface area (Å²) in [6.45, 7) is 2.27. The summed E-state index contributed by atoms with van der Waals surface area (Å²) in [5, 5.41) is 11.7. The number of anilines is 3. The van der Waals surface area contributed by atoms with Gasteiger partial charge in [-0.15, -0.1) is 0 Å². The van der Waals surface area contributed by atoms with E-state index in [9.17, 15) is 14.7 Å². The molecule has 1 unspecified atom stereocenters. The molecule has 1 atom stereocenters. The van der Waals surface area contributed by atoms with Crippen molar-refractivity contribution in [2.75, 3.05) is 49.5 Å². The summed E-state index contributed by atoms with van der Waals surface area (Å²) in [5.74, 6) is -1.36. The van der Waals surface area contributed by atoms with Crippen LogP contribution in [0.2, 0.25) is 5.02 Å². The second-order valence-electron chi connectivity index (χ2n) is 9.14. The van der Waals surface area contributed by atoms with Crippen molar-refractivity contribution in [3.63, 3.8) is 0 Å². The van der Waals surface area contributed by atoms with E-state index in [1.807, 2.05) is 81.3 Å². The van der Waals surface area contributed by atoms with Crippen molar-refractivity contribution in [3.8, 4) is 5.75 Å². The smallest absolute Gasteiger partial charge is 0.300 e. The van der Waals surface area contributed by atoms with Crippen LogP contribution in [0.25, 0.3) is 5.76 Å². The normalized spacial score (nSPS) is 16.7. The second-order valence-corrected chi connectivity index (χ2v) is 9.55. The lowest BCUT2D eigenvalue weighted by molar-refractivity contribution is -0.132. The van der Waals surface area contributed by atoms with Crippen LogP contribution in [0.15, 0.2) is 72.3 Å². The number of halogens is 1. The lowest BCUT2D eigenvalue weighted by Crippen LogP contribution is -2.29. The SMILES string of the molecule is CCOc1ccc(Cl)c(/C(O)=C2\C(=O)C(=O)N(c3ccc(N(C)C)cc3)C2c2ccc(N(C)C)cc2)c1. The maximum Gasteiger partial charge on any atom is 0.300 e. The van der Waals surface area contributed by atoms with Crippen LogP contribution >= 0.6 is 11.6 Å². The third kappa shape index (κ3) is 5.00. The standard InChI is InChI=1S/C29H30ClN3O4/c1-6-37-22-15-16-24(30)23(17-22)27(34)25-26(18-7-9-19(10-8-18)31(2)3)33(29(36)28(25)35)21-13-11-20(12-14-21)32(4)5/h7-17,26,34H,6H2,1-5H3/b27-25+. The summed E-state index contributed by atoms with van der Waals surface area (Å²) in [6.07, 6.45) is 0. The lowest BCUT2D eigenvalue weighted by atomic mass is 9.94. The zero-order chi connectivity index (χ0) is 26.9. The number of Topliss-reactive ketones (excluding diaryl/α,β-unsaturated/α-hetero) is 1. The molecule has 1 aliphatic rings. The number of nitrogens with zero attached hydrogens (tertiary/aromatic N) is 3. The molecule has 0 aromatic heterocycles. The first kappa shape index (κ1) is 26.1. The number of aliphatic hydroxyl groups excluding tert-OH is 1. The Morgan fingerprint density at radius 2 is 1.49 bits per heavy atom. The molecule has 1 fully saturated rings. The number of hydrogen-bond acceptors (Lipinski definition) is 6. The summed E-state index contributed by atoms with van der Waals surface area (Å²) in [5.41, 5.74) is 3.33. The minimum Gasteiger partial charge on any atom is -0.507 e. The Morgan fingerprint density at radius 3 is 2.03 bits per heavy atom. The summed E-state index contributed by atoms with van der Waals surface area (Å²) >= 11 is 6.43. The van der Waals surface area contributed by atoms with E-state index in [4.69, 9.17) is 16.3 Å². The largest absolute Gasteiger partial charge is 0.507 e. The quantitative estimate of drug-likeness (QED) is 0.252. The molecular formula is C29H30ClN3O4. The maximum absolute atomic E-state index is 13.5. The van der Waals surface area contributed by atoms with E-state index in [0.717, 1.165) is 11.4 Å². The van der Waals surface area contributed by atoms with Crippen LogP contribution in [0.3, 0.4) is 0 Å². The summed E-state index contributed by atoms with van der Waals surface area (Å²) in [6, 6.07) is 18.9. The maximum atomic E-state index is 13.5. The van der Waals surface area contributed by atoms with Crippen molar-refractivity contribution < 1.29 is 19.4 Å². The topological polar surface area (TPSA) is 73.3 Å². The van der Waals surface area contributed by atoms with Crippen LogP contribution in [0.5, 0.6) is 5.75 Å². The minimum absolute atomic E-state index is 0.0326. The van der Waals surface area contributed by atoms with E-state index in [2.05, 4.69) is 0 Å². The van der Waals surface area contributed by atoms with Crippen LogP contribution in [-0.4, -0.2) is 51.6 Å². The second kappa shape index (κ2) is 10.6. The molecule has 4 rings (SSSR count). The monoisotopic (exact) mass is 519 g/mol. The average Bonchev–Trinajstić information content (AvgIpc) is 3.15. The van der Waals surface area contributed by atoms with Gasteiger partial charge in [-0.05, 0) is 67.1 Å². The van der Waals surface area contributed by atoms with Gasteiger partial charge in [-0.2, -0.15) is 0 Å². The van der Waals surface area contributed by atoms with Gasteiger partial charge in [0.2, 0.25) is 0 Å². The fourth-order valence-corrected chi connectivity index (χ4v) is 4.57. The van der Waals surface area contributed by atoms with Gasteiger partial charge in [0.1, 0.15) is 11.5 Å². The molecule has 0 aliphatic carbocycles. The van der Waals surface area contributed by atoms with Crippen molar-refractivity contribution in [2.45, 2.75) is 13.0 Å². The number of amides is 1. The van der Waals surface area contributed by atoms with Crippen molar-refractivity contribution in [1.82, 2.24) is 0 Å². The van der Waals surface area contributed by atoms with Gasteiger partial charge >= 0.3 is 0 Å². The van der Waals surface area contributed by atoms with E-state index >= 15 is 0 Å². The highest BCUT2D eigenvalue weighted by Crippen LogP contribution is 2.44. The number of carbonyl (C=O) groups is 2. The average molecular weight is 520 g/mol. The van der Waals surface area contributed by atoms with Crippen LogP contribution in [0, 0.1) is 0 Å². The molecule has 8 heteroatoms. The Hall–Kier alpha value is -3.97. The summed E-state index contributed by atoms with van der Waals surface area (Å²) in [7, 11) is 7.71.